The van der Waals surface area contributed by atoms with E-state index < -0.39 is 0 Å². The van der Waals surface area contributed by atoms with Crippen LogP contribution in [0.25, 0.3) is 0 Å². The van der Waals surface area contributed by atoms with Gasteiger partial charge >= 0.3 is 0 Å². The molecule has 0 aliphatic heterocycles. The Labute approximate surface area is 101 Å². The maximum atomic E-state index is 6.09. The van der Waals surface area contributed by atoms with E-state index in [-0.39, 0.29) is 5.54 Å². The molecule has 0 aliphatic rings. The molecule has 0 aliphatic carbocycles. The Kier molecular flexibility index (Phi) is 4.20. The van der Waals surface area contributed by atoms with E-state index in [1.54, 1.807) is 11.3 Å². The van der Waals surface area contributed by atoms with E-state index in [0.29, 0.717) is 5.25 Å². The summed E-state index contributed by atoms with van der Waals surface area (Å²) in [4.78, 5) is 5.78. The molecule has 2 nitrogen and oxygen atoms in total. The second-order valence-corrected chi connectivity index (χ2v) is 7.25. The van der Waals surface area contributed by atoms with E-state index in [2.05, 4.69) is 18.8 Å². The molecule has 0 unspecified atom stereocenters. The fourth-order valence-electron chi connectivity index (χ4n) is 1.35. The Hall–Kier alpha value is -0.0600. The van der Waals surface area contributed by atoms with Crippen LogP contribution >= 0.6 is 23.1 Å². The minimum Gasteiger partial charge on any atom is -0.321 e. The predicted molar refractivity (Wildman–Crippen MR) is 70.5 cm³/mol. The number of thiazole rings is 1. The third-order valence-corrected chi connectivity index (χ3v) is 4.75. The molecule has 1 aromatic rings. The second kappa shape index (κ2) is 4.85. The van der Waals surface area contributed by atoms with Gasteiger partial charge in [0.2, 0.25) is 0 Å². The number of aromatic nitrogens is 1. The number of rotatable bonds is 4. The summed E-state index contributed by atoms with van der Waals surface area (Å²) in [6.45, 7) is 10.5. The molecule has 0 saturated heterocycles. The number of nitrogens with two attached hydrogens (primary N) is 1. The normalized spacial score (nSPS) is 12.5. The quantitative estimate of drug-likeness (QED) is 0.883. The van der Waals surface area contributed by atoms with Crippen LogP contribution in [0.2, 0.25) is 0 Å². The summed E-state index contributed by atoms with van der Waals surface area (Å²) >= 11 is 3.68. The van der Waals surface area contributed by atoms with Crippen molar-refractivity contribution in [1.82, 2.24) is 4.98 Å². The summed E-state index contributed by atoms with van der Waals surface area (Å²) in [7, 11) is 0. The van der Waals surface area contributed by atoms with Crippen LogP contribution in [-0.2, 0) is 11.3 Å². The van der Waals surface area contributed by atoms with E-state index in [4.69, 9.17) is 5.73 Å². The molecule has 1 aromatic heterocycles. The Morgan fingerprint density at radius 2 is 2.07 bits per heavy atom. The Balaban J connectivity index is 2.78. The lowest BCUT2D eigenvalue weighted by molar-refractivity contribution is 0.562. The number of hydrogen-bond donors (Lipinski definition) is 1. The van der Waals surface area contributed by atoms with Gasteiger partial charge in [-0.05, 0) is 26.0 Å². The van der Waals surface area contributed by atoms with Crippen LogP contribution in [-0.4, -0.2) is 10.2 Å². The maximum Gasteiger partial charge on any atom is 0.103 e. The smallest absolute Gasteiger partial charge is 0.103 e. The summed E-state index contributed by atoms with van der Waals surface area (Å²) in [5.74, 6) is 0.999. The number of thioether (sulfide) groups is 1. The van der Waals surface area contributed by atoms with Crippen LogP contribution in [0.15, 0.2) is 0 Å². The Bertz CT molecular complexity index is 324. The molecule has 0 atom stereocenters. The first-order chi connectivity index (χ1) is 6.80. The molecule has 0 radical (unpaired) electrons. The van der Waals surface area contributed by atoms with Gasteiger partial charge in [-0.2, -0.15) is 11.8 Å². The molecule has 0 aromatic carbocycles. The molecule has 0 bridgehead atoms. The second-order valence-electron chi connectivity index (χ2n) is 4.60. The summed E-state index contributed by atoms with van der Waals surface area (Å²) in [6, 6.07) is 0. The van der Waals surface area contributed by atoms with E-state index in [1.807, 2.05) is 32.5 Å². The highest BCUT2D eigenvalue weighted by Crippen LogP contribution is 2.30. The summed E-state index contributed by atoms with van der Waals surface area (Å²) in [5, 5.41) is 1.85. The van der Waals surface area contributed by atoms with E-state index in [0.717, 1.165) is 11.4 Å². The van der Waals surface area contributed by atoms with Gasteiger partial charge in [0.15, 0.2) is 0 Å². The maximum absolute atomic E-state index is 6.09. The van der Waals surface area contributed by atoms with Gasteiger partial charge < -0.3 is 5.73 Å². The lowest BCUT2D eigenvalue weighted by atomic mass is 10.0. The highest BCUT2D eigenvalue weighted by atomic mass is 32.2. The van der Waals surface area contributed by atoms with Gasteiger partial charge in [0.25, 0.3) is 0 Å². The summed E-state index contributed by atoms with van der Waals surface area (Å²) in [6.07, 6.45) is 0. The first-order valence-corrected chi connectivity index (χ1v) is 7.04. The standard InChI is InChI=1S/C11H20N2S2/c1-7(2)14-6-9-13-8(3)10(15-9)11(4,5)12/h7H,6,12H2,1-5H3. The first-order valence-electron chi connectivity index (χ1n) is 5.18. The lowest BCUT2D eigenvalue weighted by Crippen LogP contribution is -2.28. The number of nitrogens with zero attached hydrogens (tertiary/aromatic N) is 1. The van der Waals surface area contributed by atoms with Gasteiger partial charge in [-0.1, -0.05) is 13.8 Å². The minimum atomic E-state index is -0.261. The molecule has 1 heterocycles. The SMILES string of the molecule is Cc1nc(CSC(C)C)sc1C(C)(C)N. The molecule has 4 heteroatoms. The highest BCUT2D eigenvalue weighted by molar-refractivity contribution is 7.99. The zero-order valence-electron chi connectivity index (χ0n) is 10.1. The largest absolute Gasteiger partial charge is 0.321 e. The first kappa shape index (κ1) is 13.0. The van der Waals surface area contributed by atoms with Gasteiger partial charge in [0.05, 0.1) is 5.69 Å². The predicted octanol–water partition coefficient (Wildman–Crippen LogP) is 3.29. The molecular weight excluding hydrogens is 224 g/mol. The summed E-state index contributed by atoms with van der Waals surface area (Å²) < 4.78 is 0. The molecule has 2 N–H and O–H groups in total. The van der Waals surface area contributed by atoms with Crippen molar-refractivity contribution < 1.29 is 0 Å². The fourth-order valence-corrected chi connectivity index (χ4v) is 3.20. The third kappa shape index (κ3) is 3.78. The molecule has 0 fully saturated rings. The van der Waals surface area contributed by atoms with Gasteiger partial charge in [0.1, 0.15) is 5.01 Å². The topological polar surface area (TPSA) is 38.9 Å². The molecule has 0 spiro atoms. The van der Waals surface area contributed by atoms with Crippen LogP contribution in [0.4, 0.5) is 0 Å². The van der Waals surface area contributed by atoms with Crippen molar-refractivity contribution in [2.45, 2.75) is 51.2 Å². The van der Waals surface area contributed by atoms with Crippen molar-refractivity contribution in [1.29, 1.82) is 0 Å². The minimum absolute atomic E-state index is 0.261. The van der Waals surface area contributed by atoms with Gasteiger partial charge in [-0.15, -0.1) is 11.3 Å². The molecule has 0 amide bonds. The molecule has 15 heavy (non-hydrogen) atoms. The molecule has 0 saturated carbocycles. The zero-order chi connectivity index (χ0) is 11.6. The van der Waals surface area contributed by atoms with Gasteiger partial charge in [-0.3, -0.25) is 0 Å². The third-order valence-electron chi connectivity index (χ3n) is 1.97. The molecular formula is C11H20N2S2. The molecule has 1 rings (SSSR count). The van der Waals surface area contributed by atoms with Crippen LogP contribution in [0, 0.1) is 6.92 Å². The van der Waals surface area contributed by atoms with Crippen LogP contribution in [0.1, 0.15) is 43.3 Å². The molecule has 86 valence electrons. The van der Waals surface area contributed by atoms with Crippen molar-refractivity contribution in [2.75, 3.05) is 0 Å². The number of hydrogen-bond acceptors (Lipinski definition) is 4. The van der Waals surface area contributed by atoms with Gasteiger partial charge in [0, 0.05) is 16.2 Å². The van der Waals surface area contributed by atoms with Crippen molar-refractivity contribution in [3.63, 3.8) is 0 Å². The fraction of sp³-hybridized carbons (Fsp3) is 0.727. The average Bonchev–Trinajstić information content (AvgIpc) is 2.42. The Morgan fingerprint density at radius 1 is 1.47 bits per heavy atom. The van der Waals surface area contributed by atoms with Crippen LogP contribution in [0.3, 0.4) is 0 Å². The average molecular weight is 244 g/mol. The van der Waals surface area contributed by atoms with Crippen molar-refractivity contribution in [3.05, 3.63) is 15.6 Å². The van der Waals surface area contributed by atoms with Crippen LogP contribution in [0.5, 0.6) is 0 Å². The van der Waals surface area contributed by atoms with E-state index >= 15 is 0 Å². The number of aryl methyl sites for hydroxylation is 1. The van der Waals surface area contributed by atoms with E-state index in [1.165, 1.54) is 9.88 Å². The van der Waals surface area contributed by atoms with Crippen LogP contribution < -0.4 is 5.73 Å². The van der Waals surface area contributed by atoms with Gasteiger partial charge in [-0.25, -0.2) is 4.98 Å². The van der Waals surface area contributed by atoms with Crippen molar-refractivity contribution >= 4 is 23.1 Å². The van der Waals surface area contributed by atoms with Crippen molar-refractivity contribution in [2.24, 2.45) is 5.73 Å². The van der Waals surface area contributed by atoms with E-state index in [9.17, 15) is 0 Å². The Morgan fingerprint density at radius 3 is 2.47 bits per heavy atom. The highest BCUT2D eigenvalue weighted by Gasteiger charge is 2.21. The monoisotopic (exact) mass is 244 g/mol. The van der Waals surface area contributed by atoms with Crippen molar-refractivity contribution in [3.8, 4) is 0 Å². The summed E-state index contributed by atoms with van der Waals surface area (Å²) in [5.41, 5.74) is 6.92. The zero-order valence-corrected chi connectivity index (χ0v) is 11.8. The lowest BCUT2D eigenvalue weighted by Gasteiger charge is -2.16.